The quantitative estimate of drug-likeness (QED) is 0.0261. The van der Waals surface area contributed by atoms with E-state index in [0.717, 1.165) is 128 Å². The molecule has 1 atom stereocenters. The van der Waals surface area contributed by atoms with Crippen molar-refractivity contribution < 1.29 is 28.6 Å². The van der Waals surface area contributed by atoms with Crippen LogP contribution in [0.15, 0.2) is 109 Å². The number of unbranched alkanes of at least 4 members (excludes halogenated alkanes) is 34. The summed E-state index contributed by atoms with van der Waals surface area (Å²) in [5.74, 6) is -0.905. The second-order valence-corrected chi connectivity index (χ2v) is 23.1. The highest BCUT2D eigenvalue weighted by atomic mass is 16.6. The summed E-state index contributed by atoms with van der Waals surface area (Å²) >= 11 is 0. The van der Waals surface area contributed by atoms with Gasteiger partial charge in [0.15, 0.2) is 6.10 Å². The van der Waals surface area contributed by atoms with Gasteiger partial charge in [-0.15, -0.1) is 0 Å². The van der Waals surface area contributed by atoms with Gasteiger partial charge in [0, 0.05) is 19.3 Å². The van der Waals surface area contributed by atoms with Gasteiger partial charge in [-0.25, -0.2) is 0 Å². The molecule has 0 saturated carbocycles. The van der Waals surface area contributed by atoms with E-state index in [1.165, 1.54) is 167 Å². The van der Waals surface area contributed by atoms with Crippen molar-refractivity contribution in [3.05, 3.63) is 109 Å². The molecule has 0 heterocycles. The van der Waals surface area contributed by atoms with Crippen molar-refractivity contribution in [2.75, 3.05) is 13.2 Å². The molecule has 1 unspecified atom stereocenters. The Kier molecular flexibility index (Phi) is 66.2. The molecule has 82 heavy (non-hydrogen) atoms. The van der Waals surface area contributed by atoms with Gasteiger partial charge < -0.3 is 14.2 Å². The average molecular weight is 1140 g/mol. The van der Waals surface area contributed by atoms with Crippen LogP contribution in [0, 0.1) is 0 Å². The zero-order valence-electron chi connectivity index (χ0n) is 54.0. The van der Waals surface area contributed by atoms with Crippen molar-refractivity contribution >= 4 is 17.9 Å². The van der Waals surface area contributed by atoms with E-state index >= 15 is 0 Å². The Morgan fingerprint density at radius 3 is 0.780 bits per heavy atom. The maximum atomic E-state index is 12.9. The lowest BCUT2D eigenvalue weighted by Gasteiger charge is -2.18. The van der Waals surface area contributed by atoms with E-state index in [9.17, 15) is 14.4 Å². The lowest BCUT2D eigenvalue weighted by Crippen LogP contribution is -2.30. The number of hydrogen-bond acceptors (Lipinski definition) is 6. The molecule has 6 nitrogen and oxygen atoms in total. The first-order chi connectivity index (χ1) is 40.5. The minimum Gasteiger partial charge on any atom is -0.462 e. The molecule has 0 N–H and O–H groups in total. The van der Waals surface area contributed by atoms with Gasteiger partial charge in [0.1, 0.15) is 13.2 Å². The van der Waals surface area contributed by atoms with E-state index in [0.29, 0.717) is 19.3 Å². The molecule has 470 valence electrons. The van der Waals surface area contributed by atoms with Gasteiger partial charge >= 0.3 is 17.9 Å². The topological polar surface area (TPSA) is 78.9 Å². The molecule has 0 spiro atoms. The summed E-state index contributed by atoms with van der Waals surface area (Å²) in [5, 5.41) is 0. The van der Waals surface area contributed by atoms with Crippen LogP contribution in [0.1, 0.15) is 335 Å². The van der Waals surface area contributed by atoms with Gasteiger partial charge in [0.25, 0.3) is 0 Å². The third kappa shape index (κ3) is 66.9. The Morgan fingerprint density at radius 2 is 0.476 bits per heavy atom. The highest BCUT2D eigenvalue weighted by Gasteiger charge is 2.19. The van der Waals surface area contributed by atoms with Crippen molar-refractivity contribution in [3.8, 4) is 0 Å². The summed E-state index contributed by atoms with van der Waals surface area (Å²) in [6.45, 7) is 6.51. The van der Waals surface area contributed by atoms with Crippen molar-refractivity contribution in [2.24, 2.45) is 0 Å². The Hall–Kier alpha value is -3.93. The zero-order chi connectivity index (χ0) is 59.2. The fourth-order valence-electron chi connectivity index (χ4n) is 9.77. The van der Waals surface area contributed by atoms with Crippen molar-refractivity contribution in [1.82, 2.24) is 0 Å². The van der Waals surface area contributed by atoms with Crippen LogP contribution in [-0.4, -0.2) is 37.2 Å². The molecular formula is C76H130O6. The number of carbonyl (C=O) groups is 3. The minimum atomic E-state index is -0.792. The van der Waals surface area contributed by atoms with Crippen LogP contribution in [0.3, 0.4) is 0 Å². The zero-order valence-corrected chi connectivity index (χ0v) is 54.0. The number of rotatable bonds is 63. The van der Waals surface area contributed by atoms with Gasteiger partial charge in [0.05, 0.1) is 0 Å². The van der Waals surface area contributed by atoms with E-state index in [1.54, 1.807) is 0 Å². The summed E-state index contributed by atoms with van der Waals surface area (Å²) in [6, 6.07) is 0. The Labute approximate surface area is 508 Å². The van der Waals surface area contributed by atoms with E-state index in [2.05, 4.69) is 130 Å². The minimum absolute atomic E-state index is 0.0879. The molecule has 0 aliphatic heterocycles. The SMILES string of the molecule is CC/C=C\C/C=C\C/C=C\C/C=C\C/C=C\C/C=C\C/C=C\CCCCCCCC(=O)OCC(COC(=O)CCCCCCC/C=C\CCCCC)OC(=O)CCCCCCCCCCCCCCC/C=C\CCCCCCCCCC. The number of carbonyl (C=O) groups excluding carboxylic acids is 3. The van der Waals surface area contributed by atoms with Crippen LogP contribution in [0.25, 0.3) is 0 Å². The average Bonchev–Trinajstić information content (AvgIpc) is 3.47. The Bertz CT molecular complexity index is 1640. The van der Waals surface area contributed by atoms with E-state index in [1.807, 2.05) is 0 Å². The maximum absolute atomic E-state index is 12.9. The fourth-order valence-corrected chi connectivity index (χ4v) is 9.77. The molecule has 0 aromatic carbocycles. The maximum Gasteiger partial charge on any atom is 0.306 e. The monoisotopic (exact) mass is 1140 g/mol. The predicted molar refractivity (Wildman–Crippen MR) is 357 cm³/mol. The summed E-state index contributed by atoms with van der Waals surface area (Å²) in [7, 11) is 0. The van der Waals surface area contributed by atoms with Crippen LogP contribution in [-0.2, 0) is 28.6 Å². The summed E-state index contributed by atoms with van der Waals surface area (Å²) < 4.78 is 16.9. The first-order valence-corrected chi connectivity index (χ1v) is 34.9. The predicted octanol–water partition coefficient (Wildman–Crippen LogP) is 24.2. The fraction of sp³-hybridized carbons (Fsp3) is 0.724. The lowest BCUT2D eigenvalue weighted by atomic mass is 10.0. The number of ether oxygens (including phenoxy) is 3. The molecule has 0 aliphatic rings. The third-order valence-corrected chi connectivity index (χ3v) is 15.0. The highest BCUT2D eigenvalue weighted by molar-refractivity contribution is 5.71. The first-order valence-electron chi connectivity index (χ1n) is 34.9. The second-order valence-electron chi connectivity index (χ2n) is 23.1. The number of allylic oxidation sites excluding steroid dienone is 18. The van der Waals surface area contributed by atoms with Crippen molar-refractivity contribution in [3.63, 3.8) is 0 Å². The molecule has 6 heteroatoms. The van der Waals surface area contributed by atoms with Gasteiger partial charge in [0.2, 0.25) is 0 Å². The Balaban J connectivity index is 4.32. The van der Waals surface area contributed by atoms with Crippen LogP contribution in [0.2, 0.25) is 0 Å². The molecule has 0 aliphatic carbocycles. The molecule has 0 aromatic heterocycles. The van der Waals surface area contributed by atoms with Crippen LogP contribution in [0.4, 0.5) is 0 Å². The van der Waals surface area contributed by atoms with E-state index in [4.69, 9.17) is 14.2 Å². The van der Waals surface area contributed by atoms with Gasteiger partial charge in [-0.2, -0.15) is 0 Å². The summed E-state index contributed by atoms with van der Waals surface area (Å²) in [4.78, 5) is 38.4. The second kappa shape index (κ2) is 69.6. The molecular weight excluding hydrogens is 1010 g/mol. The largest absolute Gasteiger partial charge is 0.462 e. The third-order valence-electron chi connectivity index (χ3n) is 15.0. The smallest absolute Gasteiger partial charge is 0.306 e. The summed E-state index contributed by atoms with van der Waals surface area (Å²) in [5.41, 5.74) is 0. The summed E-state index contributed by atoms with van der Waals surface area (Å²) in [6.07, 6.45) is 95.4. The van der Waals surface area contributed by atoms with Crippen molar-refractivity contribution in [2.45, 2.75) is 341 Å². The molecule has 0 bridgehead atoms. The van der Waals surface area contributed by atoms with E-state index in [-0.39, 0.29) is 31.1 Å². The van der Waals surface area contributed by atoms with Gasteiger partial charge in [-0.1, -0.05) is 297 Å². The lowest BCUT2D eigenvalue weighted by molar-refractivity contribution is -0.167. The molecule has 0 amide bonds. The highest BCUT2D eigenvalue weighted by Crippen LogP contribution is 2.17. The Morgan fingerprint density at radius 1 is 0.256 bits per heavy atom. The van der Waals surface area contributed by atoms with Crippen LogP contribution in [0.5, 0.6) is 0 Å². The molecule has 0 saturated heterocycles. The first kappa shape index (κ1) is 78.1. The van der Waals surface area contributed by atoms with Gasteiger partial charge in [-0.05, 0) is 128 Å². The standard InChI is InChI=1S/C76H130O6/c1-4-7-10-13-16-19-22-25-27-29-31-33-35-37-38-40-41-43-45-47-49-51-54-57-60-63-66-69-75(78)81-72-73(71-80-74(77)68-65-62-59-56-53-24-21-18-15-12-9-6-3)82-76(79)70-67-64-61-58-55-52-50-48-46-44-42-39-36-34-32-30-28-26-23-20-17-14-11-8-5-2/h7,10,16,18-19,21,25,27,30-33,37-38,41,43,47,49,73H,4-6,8-9,11-15,17,20,22-24,26,28-29,34-36,39-40,42,44-46,48,50-72H2,1-3H3/b10-7-,19-16-,21-18-,27-25-,32-30-,33-31-,38-37-,43-41-,49-47-. The van der Waals surface area contributed by atoms with Gasteiger partial charge in [-0.3, -0.25) is 14.4 Å². The number of hydrogen-bond donors (Lipinski definition) is 0. The molecule has 0 fully saturated rings. The van der Waals surface area contributed by atoms with Crippen LogP contribution >= 0.6 is 0 Å². The molecule has 0 radical (unpaired) electrons. The van der Waals surface area contributed by atoms with E-state index < -0.39 is 6.10 Å². The normalized spacial score (nSPS) is 12.8. The molecule has 0 aromatic rings. The molecule has 0 rings (SSSR count). The number of esters is 3. The van der Waals surface area contributed by atoms with Crippen molar-refractivity contribution in [1.29, 1.82) is 0 Å². The van der Waals surface area contributed by atoms with Crippen LogP contribution < -0.4 is 0 Å².